The highest BCUT2D eigenvalue weighted by Gasteiger charge is 2.23. The summed E-state index contributed by atoms with van der Waals surface area (Å²) < 4.78 is 0. The molecular formula is C15H19N3S. The Labute approximate surface area is 118 Å². The van der Waals surface area contributed by atoms with E-state index in [-0.39, 0.29) is 0 Å². The average molecular weight is 273 g/mol. The van der Waals surface area contributed by atoms with Crippen molar-refractivity contribution in [2.24, 2.45) is 11.7 Å². The highest BCUT2D eigenvalue weighted by Crippen LogP contribution is 2.34. The minimum Gasteiger partial charge on any atom is -0.348 e. The average Bonchev–Trinajstić information content (AvgIpc) is 3.05. The zero-order chi connectivity index (χ0) is 13.2. The highest BCUT2D eigenvalue weighted by molar-refractivity contribution is 7.16. The van der Waals surface area contributed by atoms with Crippen molar-refractivity contribution < 1.29 is 0 Å². The van der Waals surface area contributed by atoms with E-state index in [2.05, 4.69) is 24.0 Å². The van der Waals surface area contributed by atoms with Crippen molar-refractivity contribution >= 4 is 16.5 Å². The van der Waals surface area contributed by atoms with Crippen LogP contribution in [0.3, 0.4) is 0 Å². The minimum absolute atomic E-state index is 0.561. The Kier molecular flexibility index (Phi) is 3.53. The van der Waals surface area contributed by atoms with Gasteiger partial charge in [-0.25, -0.2) is 4.98 Å². The van der Waals surface area contributed by atoms with Crippen LogP contribution < -0.4 is 10.6 Å². The van der Waals surface area contributed by atoms with E-state index in [4.69, 9.17) is 10.7 Å². The van der Waals surface area contributed by atoms with Gasteiger partial charge in [0.2, 0.25) is 0 Å². The lowest BCUT2D eigenvalue weighted by Crippen LogP contribution is -2.18. The van der Waals surface area contributed by atoms with Gasteiger partial charge in [0.25, 0.3) is 0 Å². The Bertz CT molecular complexity index is 550. The Balaban J connectivity index is 1.95. The molecule has 1 fully saturated rings. The molecule has 0 aliphatic carbocycles. The molecule has 1 unspecified atom stereocenters. The van der Waals surface area contributed by atoms with Gasteiger partial charge in [0, 0.05) is 30.1 Å². The molecule has 0 radical (unpaired) electrons. The van der Waals surface area contributed by atoms with Gasteiger partial charge in [-0.3, -0.25) is 0 Å². The van der Waals surface area contributed by atoms with Crippen molar-refractivity contribution in [1.29, 1.82) is 0 Å². The summed E-state index contributed by atoms with van der Waals surface area (Å²) in [6, 6.07) is 10.3. The second-order valence-corrected chi connectivity index (χ2v) is 6.24. The summed E-state index contributed by atoms with van der Waals surface area (Å²) in [5, 5.41) is 1.13. The van der Waals surface area contributed by atoms with Gasteiger partial charge in [0.15, 0.2) is 5.13 Å². The maximum Gasteiger partial charge on any atom is 0.186 e. The van der Waals surface area contributed by atoms with Crippen LogP contribution in [0.25, 0.3) is 11.3 Å². The molecule has 1 atom stereocenters. The van der Waals surface area contributed by atoms with Gasteiger partial charge >= 0.3 is 0 Å². The van der Waals surface area contributed by atoms with E-state index < -0.39 is 0 Å². The van der Waals surface area contributed by atoms with Crippen molar-refractivity contribution in [1.82, 2.24) is 4.98 Å². The molecule has 0 bridgehead atoms. The van der Waals surface area contributed by atoms with Gasteiger partial charge in [0.05, 0.1) is 5.69 Å². The largest absolute Gasteiger partial charge is 0.348 e. The molecule has 2 aromatic rings. The lowest BCUT2D eigenvalue weighted by Gasteiger charge is -2.13. The summed E-state index contributed by atoms with van der Waals surface area (Å²) in [7, 11) is 0. The lowest BCUT2D eigenvalue weighted by atomic mass is 10.1. The van der Waals surface area contributed by atoms with Gasteiger partial charge in [-0.05, 0) is 12.3 Å². The zero-order valence-corrected chi connectivity index (χ0v) is 12.0. The Morgan fingerprint density at radius 2 is 2.16 bits per heavy atom. The number of hydrogen-bond acceptors (Lipinski definition) is 4. The fourth-order valence-corrected chi connectivity index (χ4v) is 3.54. The zero-order valence-electron chi connectivity index (χ0n) is 11.2. The number of thiazole rings is 1. The molecule has 1 aromatic heterocycles. The van der Waals surface area contributed by atoms with E-state index in [9.17, 15) is 0 Å². The highest BCUT2D eigenvalue weighted by atomic mass is 32.1. The monoisotopic (exact) mass is 273 g/mol. The third-order valence-corrected chi connectivity index (χ3v) is 4.75. The third-order valence-electron chi connectivity index (χ3n) is 3.61. The molecule has 0 saturated carbocycles. The molecule has 3 nitrogen and oxygen atoms in total. The first-order valence-electron chi connectivity index (χ1n) is 6.78. The normalized spacial score (nSPS) is 19.1. The molecule has 4 heteroatoms. The van der Waals surface area contributed by atoms with E-state index in [0.29, 0.717) is 6.54 Å². The van der Waals surface area contributed by atoms with Gasteiger partial charge in [-0.2, -0.15) is 0 Å². The SMILES string of the molecule is CC1CCN(c2nc(-c3ccccc3)c(CN)s2)C1. The van der Waals surface area contributed by atoms with Crippen LogP contribution in [-0.4, -0.2) is 18.1 Å². The molecule has 3 rings (SSSR count). The van der Waals surface area contributed by atoms with Crippen molar-refractivity contribution in [3.8, 4) is 11.3 Å². The second kappa shape index (κ2) is 5.31. The molecule has 1 aromatic carbocycles. The first-order valence-corrected chi connectivity index (χ1v) is 7.59. The molecule has 1 saturated heterocycles. The van der Waals surface area contributed by atoms with Gasteiger partial charge in [-0.1, -0.05) is 48.6 Å². The third kappa shape index (κ3) is 2.51. The van der Waals surface area contributed by atoms with E-state index in [1.165, 1.54) is 11.3 Å². The summed E-state index contributed by atoms with van der Waals surface area (Å²) in [6.07, 6.45) is 1.26. The first kappa shape index (κ1) is 12.6. The molecule has 1 aliphatic heterocycles. The molecular weight excluding hydrogens is 254 g/mol. The van der Waals surface area contributed by atoms with E-state index in [1.54, 1.807) is 11.3 Å². The number of nitrogens with two attached hydrogens (primary N) is 1. The van der Waals surface area contributed by atoms with Crippen LogP contribution in [0, 0.1) is 5.92 Å². The van der Waals surface area contributed by atoms with E-state index >= 15 is 0 Å². The number of nitrogens with zero attached hydrogens (tertiary/aromatic N) is 2. The Morgan fingerprint density at radius 1 is 1.37 bits per heavy atom. The molecule has 0 spiro atoms. The van der Waals surface area contributed by atoms with Crippen LogP contribution in [0.15, 0.2) is 30.3 Å². The molecule has 100 valence electrons. The van der Waals surface area contributed by atoms with Crippen LogP contribution in [-0.2, 0) is 6.54 Å². The van der Waals surface area contributed by atoms with E-state index in [0.717, 1.165) is 35.4 Å². The van der Waals surface area contributed by atoms with Crippen LogP contribution in [0.2, 0.25) is 0 Å². The number of anilines is 1. The fraction of sp³-hybridized carbons (Fsp3) is 0.400. The van der Waals surface area contributed by atoms with Gasteiger partial charge in [0.1, 0.15) is 0 Å². The summed E-state index contributed by atoms with van der Waals surface area (Å²) in [5.74, 6) is 0.769. The number of rotatable bonds is 3. The van der Waals surface area contributed by atoms with Crippen molar-refractivity contribution in [2.45, 2.75) is 19.9 Å². The van der Waals surface area contributed by atoms with Crippen LogP contribution in [0.4, 0.5) is 5.13 Å². The lowest BCUT2D eigenvalue weighted by molar-refractivity contribution is 0.659. The predicted octanol–water partition coefficient (Wildman–Crippen LogP) is 3.12. The molecule has 2 N–H and O–H groups in total. The van der Waals surface area contributed by atoms with Crippen LogP contribution >= 0.6 is 11.3 Å². The number of hydrogen-bond donors (Lipinski definition) is 1. The molecule has 0 amide bonds. The molecule has 2 heterocycles. The van der Waals surface area contributed by atoms with Crippen molar-refractivity contribution in [2.75, 3.05) is 18.0 Å². The van der Waals surface area contributed by atoms with Crippen molar-refractivity contribution in [3.05, 3.63) is 35.2 Å². The summed E-state index contributed by atoms with van der Waals surface area (Å²) in [4.78, 5) is 8.40. The van der Waals surface area contributed by atoms with Gasteiger partial charge in [-0.15, -0.1) is 0 Å². The van der Waals surface area contributed by atoms with Crippen molar-refractivity contribution in [3.63, 3.8) is 0 Å². The first-order chi connectivity index (χ1) is 9.28. The fourth-order valence-electron chi connectivity index (χ4n) is 2.54. The maximum atomic E-state index is 5.88. The Hall–Kier alpha value is -1.39. The summed E-state index contributed by atoms with van der Waals surface area (Å²) in [5.41, 5.74) is 8.10. The minimum atomic E-state index is 0.561. The molecule has 19 heavy (non-hydrogen) atoms. The summed E-state index contributed by atoms with van der Waals surface area (Å²) >= 11 is 1.74. The summed E-state index contributed by atoms with van der Waals surface area (Å²) in [6.45, 7) is 5.10. The topological polar surface area (TPSA) is 42.2 Å². The van der Waals surface area contributed by atoms with Gasteiger partial charge < -0.3 is 10.6 Å². The van der Waals surface area contributed by atoms with Crippen LogP contribution in [0.5, 0.6) is 0 Å². The predicted molar refractivity (Wildman–Crippen MR) is 81.4 cm³/mol. The smallest absolute Gasteiger partial charge is 0.186 e. The second-order valence-electron chi connectivity index (χ2n) is 5.18. The number of aromatic nitrogens is 1. The molecule has 1 aliphatic rings. The van der Waals surface area contributed by atoms with E-state index in [1.807, 2.05) is 18.2 Å². The van der Waals surface area contributed by atoms with Crippen LogP contribution in [0.1, 0.15) is 18.2 Å². The maximum absolute atomic E-state index is 5.88. The Morgan fingerprint density at radius 3 is 2.79 bits per heavy atom. The quantitative estimate of drug-likeness (QED) is 0.934. The standard InChI is InChI=1S/C15H19N3S/c1-11-7-8-18(10-11)15-17-14(13(9-16)19-15)12-5-3-2-4-6-12/h2-6,11H,7-10,16H2,1H3. The number of benzene rings is 1.